The first-order chi connectivity index (χ1) is 7.13. The van der Waals surface area contributed by atoms with Crippen molar-refractivity contribution in [1.29, 1.82) is 5.26 Å². The van der Waals surface area contributed by atoms with Gasteiger partial charge in [-0.3, -0.25) is 0 Å². The van der Waals surface area contributed by atoms with Gasteiger partial charge < -0.3 is 4.90 Å². The van der Waals surface area contributed by atoms with Gasteiger partial charge in [0, 0.05) is 19.8 Å². The van der Waals surface area contributed by atoms with Gasteiger partial charge in [-0.2, -0.15) is 10.3 Å². The average molecular weight is 314 g/mol. The molecule has 0 amide bonds. The maximum atomic E-state index is 8.41. The predicted octanol–water partition coefficient (Wildman–Crippen LogP) is 2.02. The van der Waals surface area contributed by atoms with Crippen LogP contribution < -0.4 is 0 Å². The molecule has 0 aliphatic rings. The topological polar surface area (TPSA) is 52.3 Å². The number of halogens is 1. The van der Waals surface area contributed by atoms with Gasteiger partial charge in [0.25, 0.3) is 0 Å². The van der Waals surface area contributed by atoms with Crippen LogP contribution in [0.1, 0.15) is 12.5 Å². The highest BCUT2D eigenvalue weighted by Gasteiger charge is 2.02. The zero-order valence-corrected chi connectivity index (χ0v) is 10.8. The molecule has 0 radical (unpaired) electrons. The van der Waals surface area contributed by atoms with Crippen LogP contribution in [0.15, 0.2) is 23.3 Å². The van der Waals surface area contributed by atoms with E-state index >= 15 is 0 Å². The van der Waals surface area contributed by atoms with E-state index in [4.69, 9.17) is 5.26 Å². The van der Waals surface area contributed by atoms with E-state index in [1.165, 1.54) is 0 Å². The molecule has 0 spiro atoms. The van der Waals surface area contributed by atoms with E-state index in [1.807, 2.05) is 37.2 Å². The Balaban J connectivity index is 2.67. The fraction of sp³-hybridized carbons (Fsp3) is 0.300. The average Bonchev–Trinajstić information content (AvgIpc) is 2.22. The highest BCUT2D eigenvalue weighted by Crippen LogP contribution is 2.05. The first-order valence-corrected chi connectivity index (χ1v) is 5.46. The molecule has 1 aromatic heterocycles. The summed E-state index contributed by atoms with van der Waals surface area (Å²) in [5, 5.41) is 8.41. The molecule has 15 heavy (non-hydrogen) atoms. The van der Waals surface area contributed by atoms with E-state index < -0.39 is 0 Å². The Labute approximate surface area is 103 Å². The second kappa shape index (κ2) is 5.66. The lowest BCUT2D eigenvalue weighted by Gasteiger charge is -2.17. The van der Waals surface area contributed by atoms with E-state index in [0.29, 0.717) is 12.4 Å². The second-order valence-corrected chi connectivity index (χ2v) is 4.21. The Kier molecular flexibility index (Phi) is 4.49. The summed E-state index contributed by atoms with van der Waals surface area (Å²) in [4.78, 5) is 9.77. The fourth-order valence-electron chi connectivity index (χ4n) is 1.05. The zero-order valence-electron chi connectivity index (χ0n) is 8.61. The number of hydrogen-bond acceptors (Lipinski definition) is 3. The van der Waals surface area contributed by atoms with Crippen molar-refractivity contribution in [2.75, 3.05) is 7.05 Å². The molecule has 1 heterocycles. The monoisotopic (exact) mass is 314 g/mol. The van der Waals surface area contributed by atoms with Gasteiger partial charge in [0.05, 0.1) is 0 Å². The molecule has 0 saturated heterocycles. The van der Waals surface area contributed by atoms with Crippen LogP contribution in [0.5, 0.6) is 0 Å². The number of hydrogen-bond donors (Lipinski definition) is 0. The molecule has 78 valence electrons. The number of aliphatic imine (C=N–C) groups is 1. The molecule has 5 heteroatoms. The first-order valence-electron chi connectivity index (χ1n) is 4.38. The van der Waals surface area contributed by atoms with Crippen molar-refractivity contribution in [3.05, 3.63) is 27.6 Å². The van der Waals surface area contributed by atoms with Crippen molar-refractivity contribution in [2.24, 2.45) is 4.99 Å². The number of nitriles is 1. The van der Waals surface area contributed by atoms with Gasteiger partial charge in [0.15, 0.2) is 0 Å². The molecule has 0 atom stereocenters. The molecule has 0 bridgehead atoms. The molecule has 1 rings (SSSR count). The number of nitrogens with zero attached hydrogens (tertiary/aromatic N) is 4. The maximum Gasteiger partial charge on any atom is 0.207 e. The molecule has 0 unspecified atom stereocenters. The van der Waals surface area contributed by atoms with Gasteiger partial charge in [-0.25, -0.2) is 4.98 Å². The van der Waals surface area contributed by atoms with Crippen molar-refractivity contribution in [2.45, 2.75) is 13.5 Å². The minimum Gasteiger partial charge on any atom is -0.358 e. The van der Waals surface area contributed by atoms with Crippen LogP contribution in [-0.4, -0.2) is 22.8 Å². The molecule has 0 aromatic carbocycles. The Morgan fingerprint density at radius 2 is 2.40 bits per heavy atom. The van der Waals surface area contributed by atoms with Crippen LogP contribution in [0, 0.1) is 15.2 Å². The number of rotatable bonds is 2. The third-order valence-electron chi connectivity index (χ3n) is 1.97. The van der Waals surface area contributed by atoms with Crippen LogP contribution in [0.4, 0.5) is 0 Å². The Bertz CT molecular complexity index is 391. The van der Waals surface area contributed by atoms with E-state index in [2.05, 4.69) is 32.6 Å². The van der Waals surface area contributed by atoms with E-state index in [1.54, 1.807) is 6.19 Å². The summed E-state index contributed by atoms with van der Waals surface area (Å²) < 4.78 is 0.974. The number of amidine groups is 1. The summed E-state index contributed by atoms with van der Waals surface area (Å²) in [6.45, 7) is 2.52. The van der Waals surface area contributed by atoms with Crippen molar-refractivity contribution in [1.82, 2.24) is 9.88 Å². The SMILES string of the molecule is CC(=NC#N)N(C)Cc1ccc(I)nc1. The Hall–Kier alpha value is -1.16. The molecule has 0 fully saturated rings. The molecule has 0 N–H and O–H groups in total. The largest absolute Gasteiger partial charge is 0.358 e. The number of pyridine rings is 1. The maximum absolute atomic E-state index is 8.41. The molecule has 0 saturated carbocycles. The molecular formula is C10H11IN4. The quantitative estimate of drug-likeness (QED) is 0.276. The van der Waals surface area contributed by atoms with Crippen LogP contribution >= 0.6 is 22.6 Å². The lowest BCUT2D eigenvalue weighted by Crippen LogP contribution is -2.23. The normalized spacial score (nSPS) is 10.9. The second-order valence-electron chi connectivity index (χ2n) is 3.10. The van der Waals surface area contributed by atoms with Gasteiger partial charge >= 0.3 is 0 Å². The lowest BCUT2D eigenvalue weighted by atomic mass is 10.3. The standard InChI is InChI=1S/C10H11IN4/c1-8(14-7-12)15(2)6-9-3-4-10(11)13-5-9/h3-5H,6H2,1-2H3. The molecular weight excluding hydrogens is 303 g/mol. The summed E-state index contributed by atoms with van der Waals surface area (Å²) in [5.74, 6) is 0.705. The third-order valence-corrected chi connectivity index (χ3v) is 2.61. The smallest absolute Gasteiger partial charge is 0.207 e. The van der Waals surface area contributed by atoms with Crippen molar-refractivity contribution >= 4 is 28.4 Å². The first kappa shape index (κ1) is 11.9. The predicted molar refractivity (Wildman–Crippen MR) is 67.1 cm³/mol. The molecule has 4 nitrogen and oxygen atoms in total. The minimum absolute atomic E-state index is 0.705. The summed E-state index contributed by atoms with van der Waals surface area (Å²) in [6, 6.07) is 3.98. The van der Waals surface area contributed by atoms with E-state index in [-0.39, 0.29) is 0 Å². The van der Waals surface area contributed by atoms with Gasteiger partial charge in [0.2, 0.25) is 6.19 Å². The van der Waals surface area contributed by atoms with E-state index in [0.717, 1.165) is 9.26 Å². The summed E-state index contributed by atoms with van der Waals surface area (Å²) in [6.07, 6.45) is 3.60. The lowest BCUT2D eigenvalue weighted by molar-refractivity contribution is 0.497. The molecule has 0 aliphatic carbocycles. The minimum atomic E-state index is 0.705. The Morgan fingerprint density at radius 1 is 1.67 bits per heavy atom. The summed E-state index contributed by atoms with van der Waals surface area (Å²) >= 11 is 2.17. The zero-order chi connectivity index (χ0) is 11.3. The van der Waals surface area contributed by atoms with Crippen LogP contribution in [-0.2, 0) is 6.54 Å². The Morgan fingerprint density at radius 3 is 2.93 bits per heavy atom. The highest BCUT2D eigenvalue weighted by atomic mass is 127. The summed E-state index contributed by atoms with van der Waals surface area (Å²) in [5.41, 5.74) is 1.10. The van der Waals surface area contributed by atoms with E-state index in [9.17, 15) is 0 Å². The molecule has 0 aliphatic heterocycles. The summed E-state index contributed by atoms with van der Waals surface area (Å²) in [7, 11) is 1.90. The fourth-order valence-corrected chi connectivity index (χ4v) is 1.37. The van der Waals surface area contributed by atoms with Crippen LogP contribution in [0.25, 0.3) is 0 Å². The molecule has 1 aromatic rings. The number of aromatic nitrogens is 1. The van der Waals surface area contributed by atoms with Crippen molar-refractivity contribution in [3.8, 4) is 6.19 Å². The van der Waals surface area contributed by atoms with Crippen molar-refractivity contribution < 1.29 is 0 Å². The van der Waals surface area contributed by atoms with Crippen LogP contribution in [0.3, 0.4) is 0 Å². The van der Waals surface area contributed by atoms with Gasteiger partial charge in [-0.05, 0) is 41.1 Å². The van der Waals surface area contributed by atoms with Gasteiger partial charge in [-0.1, -0.05) is 6.07 Å². The van der Waals surface area contributed by atoms with Crippen LogP contribution in [0.2, 0.25) is 0 Å². The third kappa shape index (κ3) is 3.83. The van der Waals surface area contributed by atoms with Gasteiger partial charge in [-0.15, -0.1) is 0 Å². The van der Waals surface area contributed by atoms with Gasteiger partial charge in [0.1, 0.15) is 9.54 Å². The van der Waals surface area contributed by atoms with Crippen molar-refractivity contribution in [3.63, 3.8) is 0 Å². The highest BCUT2D eigenvalue weighted by molar-refractivity contribution is 14.1.